The lowest BCUT2D eigenvalue weighted by Crippen LogP contribution is -2.28. The highest BCUT2D eigenvalue weighted by atomic mass is 16.1. The third-order valence-electron chi connectivity index (χ3n) is 3.48. The highest BCUT2D eigenvalue weighted by Crippen LogP contribution is 2.16. The van der Waals surface area contributed by atoms with Gasteiger partial charge in [-0.1, -0.05) is 36.8 Å². The van der Waals surface area contributed by atoms with Crippen LogP contribution in [0.4, 0.5) is 0 Å². The largest absolute Gasteiger partial charge is 0.310 e. The van der Waals surface area contributed by atoms with E-state index in [9.17, 15) is 4.79 Å². The molecule has 20 heavy (non-hydrogen) atoms. The van der Waals surface area contributed by atoms with Crippen molar-refractivity contribution in [1.82, 2.24) is 15.5 Å². The van der Waals surface area contributed by atoms with Crippen LogP contribution in [0.2, 0.25) is 0 Å². The fourth-order valence-electron chi connectivity index (χ4n) is 1.88. The van der Waals surface area contributed by atoms with Crippen LogP contribution in [-0.2, 0) is 6.54 Å². The van der Waals surface area contributed by atoms with E-state index in [4.69, 9.17) is 0 Å². The van der Waals surface area contributed by atoms with E-state index in [1.165, 1.54) is 5.56 Å². The molecular formula is C16H21N3O. The van der Waals surface area contributed by atoms with Crippen LogP contribution < -0.4 is 10.9 Å². The summed E-state index contributed by atoms with van der Waals surface area (Å²) < 4.78 is 0. The van der Waals surface area contributed by atoms with Gasteiger partial charge in [0.2, 0.25) is 0 Å². The first-order valence-electron chi connectivity index (χ1n) is 6.99. The fourth-order valence-corrected chi connectivity index (χ4v) is 1.88. The number of aryl methyl sites for hydroxylation is 1. The molecule has 1 atom stereocenters. The predicted octanol–water partition coefficient (Wildman–Crippen LogP) is 2.63. The molecular weight excluding hydrogens is 250 g/mol. The molecule has 1 unspecified atom stereocenters. The van der Waals surface area contributed by atoms with Crippen LogP contribution in [0.3, 0.4) is 0 Å². The maximum atomic E-state index is 11.8. The van der Waals surface area contributed by atoms with Gasteiger partial charge >= 0.3 is 0 Å². The standard InChI is InChI=1S/C16H21N3O/c1-4-12(3)17-10-14-9-15(18-19-16(14)20)13-7-5-11(2)6-8-13/h5-9,12,17H,4,10H2,1-3H3,(H,19,20). The molecule has 0 saturated heterocycles. The molecule has 2 N–H and O–H groups in total. The SMILES string of the molecule is CCC(C)NCc1cc(-c2ccc(C)cc2)n[nH]c1=O. The minimum atomic E-state index is -0.128. The Morgan fingerprint density at radius 2 is 2.00 bits per heavy atom. The summed E-state index contributed by atoms with van der Waals surface area (Å²) in [6, 6.07) is 10.4. The van der Waals surface area contributed by atoms with Crippen LogP contribution in [0, 0.1) is 6.92 Å². The Kier molecular flexibility index (Phi) is 4.69. The van der Waals surface area contributed by atoms with E-state index in [2.05, 4.69) is 29.4 Å². The van der Waals surface area contributed by atoms with Gasteiger partial charge in [-0.2, -0.15) is 5.10 Å². The molecule has 4 nitrogen and oxygen atoms in total. The van der Waals surface area contributed by atoms with Crippen molar-refractivity contribution in [2.45, 2.75) is 39.8 Å². The van der Waals surface area contributed by atoms with E-state index in [1.54, 1.807) is 0 Å². The number of hydrogen-bond donors (Lipinski definition) is 2. The van der Waals surface area contributed by atoms with Gasteiger partial charge in [0.25, 0.3) is 5.56 Å². The molecule has 0 spiro atoms. The first kappa shape index (κ1) is 14.5. The Morgan fingerprint density at radius 1 is 1.30 bits per heavy atom. The van der Waals surface area contributed by atoms with Crippen LogP contribution in [0.15, 0.2) is 35.1 Å². The summed E-state index contributed by atoms with van der Waals surface area (Å²) in [6.45, 7) is 6.83. The number of aromatic nitrogens is 2. The summed E-state index contributed by atoms with van der Waals surface area (Å²) in [5.41, 5.74) is 3.60. The van der Waals surface area contributed by atoms with E-state index in [1.807, 2.05) is 37.3 Å². The Balaban J connectivity index is 2.24. The molecule has 2 aromatic rings. The smallest absolute Gasteiger partial charge is 0.268 e. The number of nitrogens with zero attached hydrogens (tertiary/aromatic N) is 1. The van der Waals surface area contributed by atoms with Gasteiger partial charge in [-0.3, -0.25) is 4.79 Å². The maximum Gasteiger partial charge on any atom is 0.268 e. The summed E-state index contributed by atoms with van der Waals surface area (Å²) in [5, 5.41) is 10.0. The second-order valence-corrected chi connectivity index (χ2v) is 5.16. The predicted molar refractivity (Wildman–Crippen MR) is 81.6 cm³/mol. The van der Waals surface area contributed by atoms with Gasteiger partial charge in [-0.05, 0) is 26.3 Å². The first-order valence-corrected chi connectivity index (χ1v) is 6.99. The number of hydrogen-bond acceptors (Lipinski definition) is 3. The molecule has 0 bridgehead atoms. The van der Waals surface area contributed by atoms with Crippen molar-refractivity contribution in [1.29, 1.82) is 0 Å². The monoisotopic (exact) mass is 271 g/mol. The minimum absolute atomic E-state index is 0.128. The second-order valence-electron chi connectivity index (χ2n) is 5.16. The molecule has 0 radical (unpaired) electrons. The van der Waals surface area contributed by atoms with Crippen molar-refractivity contribution in [2.75, 3.05) is 0 Å². The lowest BCUT2D eigenvalue weighted by atomic mass is 10.1. The van der Waals surface area contributed by atoms with E-state index in [0.717, 1.165) is 23.2 Å². The normalized spacial score (nSPS) is 12.3. The number of rotatable bonds is 5. The zero-order chi connectivity index (χ0) is 14.5. The molecule has 0 aliphatic heterocycles. The molecule has 2 rings (SSSR count). The Morgan fingerprint density at radius 3 is 2.65 bits per heavy atom. The number of nitrogens with one attached hydrogen (secondary N) is 2. The Hall–Kier alpha value is -1.94. The summed E-state index contributed by atoms with van der Waals surface area (Å²) in [5.74, 6) is 0. The van der Waals surface area contributed by atoms with E-state index >= 15 is 0 Å². The van der Waals surface area contributed by atoms with Crippen molar-refractivity contribution in [2.24, 2.45) is 0 Å². The van der Waals surface area contributed by atoms with Crippen LogP contribution >= 0.6 is 0 Å². The third-order valence-corrected chi connectivity index (χ3v) is 3.48. The van der Waals surface area contributed by atoms with Crippen LogP contribution in [-0.4, -0.2) is 16.2 Å². The highest BCUT2D eigenvalue weighted by Gasteiger charge is 2.06. The van der Waals surface area contributed by atoms with Crippen molar-refractivity contribution >= 4 is 0 Å². The molecule has 0 aliphatic rings. The topological polar surface area (TPSA) is 57.8 Å². The summed E-state index contributed by atoms with van der Waals surface area (Å²) in [6.07, 6.45) is 1.04. The maximum absolute atomic E-state index is 11.8. The van der Waals surface area contributed by atoms with Crippen LogP contribution in [0.25, 0.3) is 11.3 Å². The number of H-pyrrole nitrogens is 1. The van der Waals surface area contributed by atoms with Crippen molar-refractivity contribution in [3.05, 3.63) is 51.8 Å². The lowest BCUT2D eigenvalue weighted by Gasteiger charge is -2.11. The average Bonchev–Trinajstić information content (AvgIpc) is 2.47. The Bertz CT molecular complexity index is 616. The molecule has 0 amide bonds. The lowest BCUT2D eigenvalue weighted by molar-refractivity contribution is 0.531. The fraction of sp³-hybridized carbons (Fsp3) is 0.375. The van der Waals surface area contributed by atoms with Gasteiger partial charge < -0.3 is 5.32 Å². The van der Waals surface area contributed by atoms with Gasteiger partial charge in [0.05, 0.1) is 5.69 Å². The van der Waals surface area contributed by atoms with Gasteiger partial charge in [-0.15, -0.1) is 0 Å². The molecule has 0 saturated carbocycles. The van der Waals surface area contributed by atoms with Crippen LogP contribution in [0.5, 0.6) is 0 Å². The number of aromatic amines is 1. The summed E-state index contributed by atoms with van der Waals surface area (Å²) in [4.78, 5) is 11.8. The molecule has 106 valence electrons. The average molecular weight is 271 g/mol. The summed E-state index contributed by atoms with van der Waals surface area (Å²) >= 11 is 0. The van der Waals surface area contributed by atoms with E-state index in [-0.39, 0.29) is 5.56 Å². The summed E-state index contributed by atoms with van der Waals surface area (Å²) in [7, 11) is 0. The third kappa shape index (κ3) is 3.54. The zero-order valence-electron chi connectivity index (χ0n) is 12.2. The molecule has 1 heterocycles. The Labute approximate surface area is 119 Å². The van der Waals surface area contributed by atoms with E-state index in [0.29, 0.717) is 12.6 Å². The second kappa shape index (κ2) is 6.48. The van der Waals surface area contributed by atoms with Crippen LogP contribution in [0.1, 0.15) is 31.4 Å². The van der Waals surface area contributed by atoms with Gasteiger partial charge in [0, 0.05) is 23.7 Å². The van der Waals surface area contributed by atoms with E-state index < -0.39 is 0 Å². The first-order chi connectivity index (χ1) is 9.60. The number of benzene rings is 1. The molecule has 1 aromatic carbocycles. The molecule has 0 fully saturated rings. The van der Waals surface area contributed by atoms with Crippen molar-refractivity contribution in [3.8, 4) is 11.3 Å². The van der Waals surface area contributed by atoms with Gasteiger partial charge in [0.1, 0.15) is 0 Å². The van der Waals surface area contributed by atoms with Crippen molar-refractivity contribution in [3.63, 3.8) is 0 Å². The van der Waals surface area contributed by atoms with Crippen molar-refractivity contribution < 1.29 is 0 Å². The zero-order valence-corrected chi connectivity index (χ0v) is 12.2. The minimum Gasteiger partial charge on any atom is -0.310 e. The molecule has 4 heteroatoms. The van der Waals surface area contributed by atoms with Gasteiger partial charge in [-0.25, -0.2) is 5.10 Å². The highest BCUT2D eigenvalue weighted by molar-refractivity contribution is 5.59. The quantitative estimate of drug-likeness (QED) is 0.879. The molecule has 1 aromatic heterocycles. The molecule has 0 aliphatic carbocycles. The van der Waals surface area contributed by atoms with Gasteiger partial charge in [0.15, 0.2) is 0 Å².